The van der Waals surface area contributed by atoms with Crippen LogP contribution in [0.1, 0.15) is 63.4 Å². The van der Waals surface area contributed by atoms with Gasteiger partial charge in [-0.25, -0.2) is 0 Å². The van der Waals surface area contributed by atoms with Crippen molar-refractivity contribution in [2.75, 3.05) is 39.8 Å². The molecule has 262 valence electrons. The summed E-state index contributed by atoms with van der Waals surface area (Å²) >= 11 is 0. The Balaban J connectivity index is 1.50. The van der Waals surface area contributed by atoms with Crippen molar-refractivity contribution in [1.82, 2.24) is 15.7 Å². The van der Waals surface area contributed by atoms with E-state index >= 15 is 0 Å². The van der Waals surface area contributed by atoms with Gasteiger partial charge in [-0.15, -0.1) is 0 Å². The van der Waals surface area contributed by atoms with Gasteiger partial charge in [-0.2, -0.15) is 5.06 Å². The minimum absolute atomic E-state index is 0.0188. The summed E-state index contributed by atoms with van der Waals surface area (Å²) in [6.45, 7) is 9.76. The molecule has 2 amide bonds. The van der Waals surface area contributed by atoms with Gasteiger partial charge in [-0.05, 0) is 66.7 Å². The lowest BCUT2D eigenvalue weighted by molar-refractivity contribution is -0.183. The molecule has 11 heteroatoms. The monoisotopic (exact) mass is 664 g/mol. The summed E-state index contributed by atoms with van der Waals surface area (Å²) in [6, 6.07) is 10.6. The van der Waals surface area contributed by atoms with E-state index in [0.717, 1.165) is 28.8 Å². The van der Waals surface area contributed by atoms with Crippen LogP contribution in [-0.2, 0) is 25.7 Å². The first kappa shape index (κ1) is 35.6. The van der Waals surface area contributed by atoms with Gasteiger partial charge in [0, 0.05) is 56.5 Å². The molecule has 2 aromatic rings. The minimum Gasteiger partial charge on any atom is -0.496 e. The van der Waals surface area contributed by atoms with Crippen molar-refractivity contribution in [3.8, 4) is 16.9 Å². The fraction of sp³-hybridized carbons (Fsp3) is 0.595. The molecule has 2 aromatic carbocycles. The van der Waals surface area contributed by atoms with Crippen LogP contribution in [0, 0.1) is 29.1 Å². The van der Waals surface area contributed by atoms with Crippen LogP contribution in [0.25, 0.3) is 11.1 Å². The van der Waals surface area contributed by atoms with E-state index in [1.165, 1.54) is 13.3 Å². The molecule has 1 heterocycles. The summed E-state index contributed by atoms with van der Waals surface area (Å²) in [5.41, 5.74) is 3.94. The molecule has 0 spiro atoms. The summed E-state index contributed by atoms with van der Waals surface area (Å²) in [5.74, 6) is 0.482. The molecule has 0 radical (unpaired) electrons. The van der Waals surface area contributed by atoms with Crippen molar-refractivity contribution in [3.63, 3.8) is 0 Å². The molecule has 0 unspecified atom stereocenters. The van der Waals surface area contributed by atoms with Crippen molar-refractivity contribution in [2.45, 2.75) is 78.3 Å². The van der Waals surface area contributed by atoms with E-state index in [4.69, 9.17) is 14.3 Å². The number of para-hydroxylation sites is 1. The number of aliphatic hydroxyl groups excluding tert-OH is 1. The van der Waals surface area contributed by atoms with E-state index < -0.39 is 30.1 Å². The summed E-state index contributed by atoms with van der Waals surface area (Å²) in [6.07, 6.45) is 0.641. The highest BCUT2D eigenvalue weighted by atomic mass is 16.7. The molecular formula is C37H52N4O7. The quantitative estimate of drug-likeness (QED) is 0.305. The highest BCUT2D eigenvalue weighted by Gasteiger charge is 2.57. The lowest BCUT2D eigenvalue weighted by atomic mass is 9.45. The Bertz CT molecular complexity index is 1530. The fourth-order valence-electron chi connectivity index (χ4n) is 8.46. The van der Waals surface area contributed by atoms with Gasteiger partial charge in [-0.3, -0.25) is 19.2 Å². The third-order valence-electron chi connectivity index (χ3n) is 11.3. The van der Waals surface area contributed by atoms with Gasteiger partial charge in [0.1, 0.15) is 24.0 Å². The highest BCUT2D eigenvalue weighted by molar-refractivity contribution is 5.97. The SMILES string of the molecule is CNC(=O)c1cc(-c2cccc(CN3O[C@@H](CO)[C@@H]([C@H](C)OC(C)=O)[C@H]3C(=O)N[C@H]3C[C@H]4C[C@H]([C@@H]3C)C4(C)C)c2OC)cc(N(C)C)c1. The number of ether oxygens (including phenoxy) is 2. The number of carbonyl (C=O) groups is 3. The predicted molar refractivity (Wildman–Crippen MR) is 183 cm³/mol. The molecule has 8 atom stereocenters. The van der Waals surface area contributed by atoms with E-state index in [1.54, 1.807) is 26.1 Å². The second kappa shape index (κ2) is 14.1. The number of amides is 2. The predicted octanol–water partition coefficient (Wildman–Crippen LogP) is 4.02. The number of esters is 1. The first-order valence-corrected chi connectivity index (χ1v) is 16.9. The van der Waals surface area contributed by atoms with Gasteiger partial charge in [0.25, 0.3) is 5.91 Å². The van der Waals surface area contributed by atoms with Crippen LogP contribution in [-0.4, -0.2) is 87.1 Å². The van der Waals surface area contributed by atoms with Gasteiger partial charge in [0.15, 0.2) is 0 Å². The van der Waals surface area contributed by atoms with Gasteiger partial charge >= 0.3 is 5.97 Å². The molecule has 4 fully saturated rings. The zero-order chi connectivity index (χ0) is 35.1. The second-order valence-electron chi connectivity index (χ2n) is 14.5. The molecular weight excluding hydrogens is 612 g/mol. The summed E-state index contributed by atoms with van der Waals surface area (Å²) in [4.78, 5) is 47.3. The first-order chi connectivity index (χ1) is 22.7. The smallest absolute Gasteiger partial charge is 0.302 e. The standard InChI is InChI=1S/C37H52N4O7/c1-20-29-16-26(37(29,4)5)17-30(20)39-36(45)33-32(21(2)47-22(3)43)31(19-42)48-41(33)18-23-11-10-12-28(34(23)46-9)24-13-25(35(44)38-6)15-27(14-24)40(7)8/h10-15,20-21,26,29-33,42H,16-19H2,1-9H3,(H,38,44)(H,39,45)/t20-,21-,26+,29+,30-,31-,32+,33-/m0/s1. The number of carbonyl (C=O) groups excluding carboxylic acids is 3. The van der Waals surface area contributed by atoms with Crippen LogP contribution in [0.5, 0.6) is 5.75 Å². The molecule has 6 rings (SSSR count). The maximum Gasteiger partial charge on any atom is 0.302 e. The molecule has 3 aliphatic carbocycles. The van der Waals surface area contributed by atoms with Crippen molar-refractivity contribution in [2.24, 2.45) is 29.1 Å². The molecule has 48 heavy (non-hydrogen) atoms. The van der Waals surface area contributed by atoms with Gasteiger partial charge in [0.05, 0.1) is 26.2 Å². The summed E-state index contributed by atoms with van der Waals surface area (Å²) in [5, 5.41) is 18.1. The van der Waals surface area contributed by atoms with Crippen LogP contribution < -0.4 is 20.3 Å². The second-order valence-corrected chi connectivity index (χ2v) is 14.5. The van der Waals surface area contributed by atoms with E-state index in [2.05, 4.69) is 31.4 Å². The average Bonchev–Trinajstić information content (AvgIpc) is 3.42. The van der Waals surface area contributed by atoms with E-state index in [0.29, 0.717) is 29.1 Å². The number of methoxy groups -OCH3 is 1. The summed E-state index contributed by atoms with van der Waals surface area (Å²) in [7, 11) is 7.02. The largest absolute Gasteiger partial charge is 0.496 e. The van der Waals surface area contributed by atoms with Crippen molar-refractivity contribution in [1.29, 1.82) is 0 Å². The van der Waals surface area contributed by atoms with E-state index in [9.17, 15) is 19.5 Å². The Hall–Kier alpha value is -3.67. The number of rotatable bonds is 11. The van der Waals surface area contributed by atoms with E-state index in [-0.39, 0.29) is 36.4 Å². The number of hydrogen-bond donors (Lipinski definition) is 3. The Morgan fingerprint density at radius 2 is 1.90 bits per heavy atom. The molecule has 4 aliphatic rings. The van der Waals surface area contributed by atoms with Gasteiger partial charge in [0.2, 0.25) is 5.91 Å². The van der Waals surface area contributed by atoms with Crippen LogP contribution in [0.3, 0.4) is 0 Å². The van der Waals surface area contributed by atoms with Crippen LogP contribution in [0.2, 0.25) is 0 Å². The zero-order valence-electron chi connectivity index (χ0n) is 29.7. The molecule has 1 aliphatic heterocycles. The van der Waals surface area contributed by atoms with Crippen LogP contribution >= 0.6 is 0 Å². The maximum absolute atomic E-state index is 14.4. The number of aliphatic hydroxyl groups is 1. The minimum atomic E-state index is -0.847. The number of nitrogens with one attached hydrogen (secondary N) is 2. The molecule has 0 aromatic heterocycles. The Morgan fingerprint density at radius 1 is 1.17 bits per heavy atom. The molecule has 3 saturated carbocycles. The Morgan fingerprint density at radius 3 is 2.48 bits per heavy atom. The normalized spacial score (nSPS) is 28.2. The number of anilines is 1. The number of hydrogen-bond acceptors (Lipinski definition) is 9. The lowest BCUT2D eigenvalue weighted by Crippen LogP contribution is -2.62. The third kappa shape index (κ3) is 6.64. The van der Waals surface area contributed by atoms with Crippen molar-refractivity contribution < 1.29 is 33.8 Å². The first-order valence-electron chi connectivity index (χ1n) is 16.9. The highest BCUT2D eigenvalue weighted by Crippen LogP contribution is 2.61. The molecule has 1 saturated heterocycles. The topological polar surface area (TPSA) is 130 Å². The number of fused-ring (bicyclic) bond motifs is 2. The maximum atomic E-state index is 14.4. The number of benzene rings is 2. The third-order valence-corrected chi connectivity index (χ3v) is 11.3. The molecule has 2 bridgehead atoms. The fourth-order valence-corrected chi connectivity index (χ4v) is 8.46. The van der Waals surface area contributed by atoms with Gasteiger partial charge < -0.3 is 30.1 Å². The molecule has 11 nitrogen and oxygen atoms in total. The van der Waals surface area contributed by atoms with Crippen LogP contribution in [0.4, 0.5) is 5.69 Å². The lowest BCUT2D eigenvalue weighted by Gasteiger charge is -2.62. The summed E-state index contributed by atoms with van der Waals surface area (Å²) < 4.78 is 11.6. The Labute approximate surface area is 284 Å². The van der Waals surface area contributed by atoms with Crippen molar-refractivity contribution in [3.05, 3.63) is 47.5 Å². The average molecular weight is 665 g/mol. The zero-order valence-corrected chi connectivity index (χ0v) is 29.7. The van der Waals surface area contributed by atoms with E-state index in [1.807, 2.05) is 55.4 Å². The van der Waals surface area contributed by atoms with Gasteiger partial charge in [-0.1, -0.05) is 39.0 Å². The van der Waals surface area contributed by atoms with Crippen molar-refractivity contribution >= 4 is 23.5 Å². The molecule has 3 N–H and O–H groups in total. The number of hydroxylamine groups is 2. The Kier molecular flexibility index (Phi) is 10.4. The number of nitrogens with zero attached hydrogens (tertiary/aromatic N) is 2. The van der Waals surface area contributed by atoms with Crippen LogP contribution in [0.15, 0.2) is 36.4 Å².